The summed E-state index contributed by atoms with van der Waals surface area (Å²) in [5, 5.41) is 4.11. The molecular weight excluding hydrogens is 278 g/mol. The van der Waals surface area contributed by atoms with E-state index in [4.69, 9.17) is 4.52 Å². The first-order chi connectivity index (χ1) is 9.51. The zero-order valence-corrected chi connectivity index (χ0v) is 12.6. The molecule has 1 aromatic rings. The highest BCUT2D eigenvalue weighted by molar-refractivity contribution is 7.90. The van der Waals surface area contributed by atoms with Crippen molar-refractivity contribution in [2.75, 3.05) is 31.6 Å². The molecular formula is C13H21N3O3S. The molecule has 1 saturated heterocycles. The van der Waals surface area contributed by atoms with Crippen LogP contribution in [0, 0.1) is 0 Å². The second kappa shape index (κ2) is 5.44. The largest absolute Gasteiger partial charge is 0.339 e. The predicted molar refractivity (Wildman–Crippen MR) is 74.4 cm³/mol. The normalized spacial score (nSPS) is 24.9. The molecule has 0 aromatic carbocycles. The third-order valence-corrected chi connectivity index (χ3v) is 4.96. The molecule has 20 heavy (non-hydrogen) atoms. The quantitative estimate of drug-likeness (QED) is 0.812. The number of likely N-dealkylation sites (tertiary alicyclic amines) is 1. The van der Waals surface area contributed by atoms with Crippen molar-refractivity contribution in [1.82, 2.24) is 15.0 Å². The Kier molecular flexibility index (Phi) is 3.81. The SMILES string of the molecule is CS(=O)(=O)CCN1CCC[C@H](c2noc(C3CC3)n2)C1. The van der Waals surface area contributed by atoms with E-state index in [1.54, 1.807) is 0 Å². The van der Waals surface area contributed by atoms with Gasteiger partial charge >= 0.3 is 0 Å². The van der Waals surface area contributed by atoms with Crippen LogP contribution in [0.3, 0.4) is 0 Å². The summed E-state index contributed by atoms with van der Waals surface area (Å²) in [7, 11) is -2.90. The number of aromatic nitrogens is 2. The van der Waals surface area contributed by atoms with Gasteiger partial charge in [0, 0.05) is 31.2 Å². The van der Waals surface area contributed by atoms with Crippen molar-refractivity contribution in [3.63, 3.8) is 0 Å². The van der Waals surface area contributed by atoms with E-state index in [1.807, 2.05) is 0 Å². The van der Waals surface area contributed by atoms with Crippen LogP contribution >= 0.6 is 0 Å². The molecule has 7 heteroatoms. The van der Waals surface area contributed by atoms with Crippen molar-refractivity contribution >= 4 is 9.84 Å². The smallest absolute Gasteiger partial charge is 0.229 e. The van der Waals surface area contributed by atoms with E-state index in [2.05, 4.69) is 15.0 Å². The number of nitrogens with zero attached hydrogens (tertiary/aromatic N) is 3. The minimum Gasteiger partial charge on any atom is -0.339 e. The molecule has 1 atom stereocenters. The van der Waals surface area contributed by atoms with Crippen LogP contribution in [0.15, 0.2) is 4.52 Å². The summed E-state index contributed by atoms with van der Waals surface area (Å²) in [5.41, 5.74) is 0. The van der Waals surface area contributed by atoms with E-state index in [-0.39, 0.29) is 11.7 Å². The number of hydrogen-bond donors (Lipinski definition) is 0. The standard InChI is InChI=1S/C13H21N3O3S/c1-20(17,18)8-7-16-6-2-3-11(9-16)12-14-13(19-15-12)10-4-5-10/h10-11H,2-9H2,1H3/t11-/m0/s1. The molecule has 1 aromatic heterocycles. The van der Waals surface area contributed by atoms with Crippen LogP contribution in [-0.4, -0.2) is 55.1 Å². The molecule has 0 spiro atoms. The summed E-state index contributed by atoms with van der Waals surface area (Å²) in [5.74, 6) is 2.57. The Hall–Kier alpha value is -0.950. The lowest BCUT2D eigenvalue weighted by atomic mass is 9.97. The highest BCUT2D eigenvalue weighted by atomic mass is 32.2. The number of rotatable bonds is 5. The Morgan fingerprint density at radius 2 is 2.10 bits per heavy atom. The van der Waals surface area contributed by atoms with Crippen molar-refractivity contribution in [1.29, 1.82) is 0 Å². The van der Waals surface area contributed by atoms with Crippen LogP contribution < -0.4 is 0 Å². The lowest BCUT2D eigenvalue weighted by Gasteiger charge is -2.30. The maximum absolute atomic E-state index is 11.2. The molecule has 0 unspecified atom stereocenters. The minimum atomic E-state index is -2.90. The first kappa shape index (κ1) is 14.0. The maximum Gasteiger partial charge on any atom is 0.229 e. The molecule has 2 heterocycles. The molecule has 0 bridgehead atoms. The third-order valence-electron chi connectivity index (χ3n) is 4.03. The average Bonchev–Trinajstić information content (AvgIpc) is 3.14. The fraction of sp³-hybridized carbons (Fsp3) is 0.846. The van der Waals surface area contributed by atoms with Crippen molar-refractivity contribution in [3.8, 4) is 0 Å². The van der Waals surface area contributed by atoms with Gasteiger partial charge in [-0.1, -0.05) is 5.16 Å². The molecule has 1 aliphatic carbocycles. The van der Waals surface area contributed by atoms with E-state index in [0.717, 1.165) is 50.5 Å². The van der Waals surface area contributed by atoms with Crippen molar-refractivity contribution in [3.05, 3.63) is 11.7 Å². The summed E-state index contributed by atoms with van der Waals surface area (Å²) in [6.45, 7) is 2.39. The van der Waals surface area contributed by atoms with Crippen LogP contribution in [0.25, 0.3) is 0 Å². The van der Waals surface area contributed by atoms with Crippen LogP contribution in [0.1, 0.15) is 49.2 Å². The van der Waals surface area contributed by atoms with E-state index in [1.165, 1.54) is 6.26 Å². The van der Waals surface area contributed by atoms with Gasteiger partial charge < -0.3 is 9.42 Å². The molecule has 0 N–H and O–H groups in total. The zero-order chi connectivity index (χ0) is 14.2. The van der Waals surface area contributed by atoms with Gasteiger partial charge in [0.1, 0.15) is 9.84 Å². The van der Waals surface area contributed by atoms with Gasteiger partial charge in [0.05, 0.1) is 5.75 Å². The van der Waals surface area contributed by atoms with Crippen LogP contribution in [0.4, 0.5) is 0 Å². The Morgan fingerprint density at radius 1 is 1.30 bits per heavy atom. The molecule has 2 aliphatic rings. The second-order valence-electron chi connectivity index (χ2n) is 6.03. The lowest BCUT2D eigenvalue weighted by molar-refractivity contribution is 0.212. The van der Waals surface area contributed by atoms with Crippen LogP contribution in [-0.2, 0) is 9.84 Å². The van der Waals surface area contributed by atoms with Crippen molar-refractivity contribution < 1.29 is 12.9 Å². The molecule has 0 radical (unpaired) electrons. The van der Waals surface area contributed by atoms with Crippen molar-refractivity contribution in [2.24, 2.45) is 0 Å². The third kappa shape index (κ3) is 3.58. The molecule has 1 aliphatic heterocycles. The second-order valence-corrected chi connectivity index (χ2v) is 8.29. The van der Waals surface area contributed by atoms with Gasteiger partial charge in [-0.2, -0.15) is 4.98 Å². The first-order valence-electron chi connectivity index (χ1n) is 7.25. The maximum atomic E-state index is 11.2. The van der Waals surface area contributed by atoms with E-state index in [9.17, 15) is 8.42 Å². The fourth-order valence-electron chi connectivity index (χ4n) is 2.67. The summed E-state index contributed by atoms with van der Waals surface area (Å²) in [6.07, 6.45) is 5.72. The predicted octanol–water partition coefficient (Wildman–Crippen LogP) is 1.17. The Balaban J connectivity index is 1.59. The molecule has 6 nitrogen and oxygen atoms in total. The Labute approximate surface area is 119 Å². The zero-order valence-electron chi connectivity index (χ0n) is 11.8. The average molecular weight is 299 g/mol. The Bertz CT molecular complexity index is 565. The topological polar surface area (TPSA) is 76.3 Å². The monoisotopic (exact) mass is 299 g/mol. The van der Waals surface area contributed by atoms with Gasteiger partial charge in [0.2, 0.25) is 5.89 Å². The van der Waals surface area contributed by atoms with Crippen LogP contribution in [0.5, 0.6) is 0 Å². The van der Waals surface area contributed by atoms with Gasteiger partial charge in [-0.25, -0.2) is 8.42 Å². The van der Waals surface area contributed by atoms with E-state index in [0.29, 0.717) is 12.5 Å². The summed E-state index contributed by atoms with van der Waals surface area (Å²) < 4.78 is 27.8. The van der Waals surface area contributed by atoms with Gasteiger partial charge in [-0.3, -0.25) is 0 Å². The van der Waals surface area contributed by atoms with E-state index < -0.39 is 9.84 Å². The number of hydrogen-bond acceptors (Lipinski definition) is 6. The van der Waals surface area contributed by atoms with Gasteiger partial charge in [-0.05, 0) is 32.2 Å². The van der Waals surface area contributed by atoms with Gasteiger partial charge in [-0.15, -0.1) is 0 Å². The van der Waals surface area contributed by atoms with E-state index >= 15 is 0 Å². The van der Waals surface area contributed by atoms with Crippen molar-refractivity contribution in [2.45, 2.75) is 37.5 Å². The number of piperidine rings is 1. The highest BCUT2D eigenvalue weighted by Crippen LogP contribution is 2.39. The van der Waals surface area contributed by atoms with Crippen LogP contribution in [0.2, 0.25) is 0 Å². The summed E-state index contributed by atoms with van der Waals surface area (Å²) in [6, 6.07) is 0. The molecule has 0 amide bonds. The minimum absolute atomic E-state index is 0.222. The fourth-order valence-corrected chi connectivity index (χ4v) is 3.26. The summed E-state index contributed by atoms with van der Waals surface area (Å²) >= 11 is 0. The van der Waals surface area contributed by atoms with Gasteiger partial charge in [0.15, 0.2) is 5.82 Å². The highest BCUT2D eigenvalue weighted by Gasteiger charge is 2.32. The molecule has 112 valence electrons. The first-order valence-corrected chi connectivity index (χ1v) is 9.31. The lowest BCUT2D eigenvalue weighted by Crippen LogP contribution is -2.37. The number of sulfone groups is 1. The molecule has 3 rings (SSSR count). The Morgan fingerprint density at radius 3 is 2.80 bits per heavy atom. The van der Waals surface area contributed by atoms with Gasteiger partial charge in [0.25, 0.3) is 0 Å². The molecule has 2 fully saturated rings. The molecule has 1 saturated carbocycles. The summed E-state index contributed by atoms with van der Waals surface area (Å²) in [4.78, 5) is 6.71.